The highest BCUT2D eigenvalue weighted by Gasteiger charge is 2.18. The van der Waals surface area contributed by atoms with Gasteiger partial charge in [0.2, 0.25) is 0 Å². The van der Waals surface area contributed by atoms with Crippen molar-refractivity contribution >= 4 is 23.0 Å². The highest BCUT2D eigenvalue weighted by molar-refractivity contribution is 7.15. The van der Waals surface area contributed by atoms with Crippen LogP contribution in [-0.4, -0.2) is 25.9 Å². The molecule has 2 rings (SSSR count). The monoisotopic (exact) mass is 333 g/mol. The Kier molecular flexibility index (Phi) is 5.39. The van der Waals surface area contributed by atoms with Gasteiger partial charge in [0.25, 0.3) is 5.91 Å². The van der Waals surface area contributed by atoms with Crippen LogP contribution in [0.5, 0.6) is 11.5 Å². The fourth-order valence-electron chi connectivity index (χ4n) is 2.17. The summed E-state index contributed by atoms with van der Waals surface area (Å²) in [6.45, 7) is 3.35. The molecular weight excluding hydrogens is 314 g/mol. The summed E-state index contributed by atoms with van der Waals surface area (Å²) in [5.74, 6) is 1.10. The molecule has 1 aromatic carbocycles. The lowest BCUT2D eigenvalue weighted by Gasteiger charge is -2.18. The largest absolute Gasteiger partial charge is 0.497 e. The number of thiophene rings is 1. The highest BCUT2D eigenvalue weighted by Crippen LogP contribution is 2.29. The molecule has 122 valence electrons. The Morgan fingerprint density at radius 2 is 1.78 bits per heavy atom. The zero-order chi connectivity index (χ0) is 17.0. The molecule has 0 fully saturated rings. The van der Waals surface area contributed by atoms with E-state index in [0.29, 0.717) is 21.3 Å². The maximum Gasteiger partial charge on any atom is 0.261 e. The molecule has 0 unspecified atom stereocenters. The molecule has 2 aromatic rings. The standard InChI is InChI=1S/C17H19NO4S/c1-10(13-9-12(21-3)5-6-14(13)22-4)18-17(20)16-8-7-15(23-16)11(2)19/h5-10H,1-4H3,(H,18,20)/t10-/m1/s1. The molecule has 1 N–H and O–H groups in total. The summed E-state index contributed by atoms with van der Waals surface area (Å²) in [5, 5.41) is 2.92. The van der Waals surface area contributed by atoms with Crippen molar-refractivity contribution in [3.63, 3.8) is 0 Å². The van der Waals surface area contributed by atoms with E-state index in [-0.39, 0.29) is 17.7 Å². The van der Waals surface area contributed by atoms with E-state index in [4.69, 9.17) is 9.47 Å². The number of carbonyl (C=O) groups is 2. The first-order valence-corrected chi connectivity index (χ1v) is 7.91. The van der Waals surface area contributed by atoms with E-state index >= 15 is 0 Å². The van der Waals surface area contributed by atoms with Gasteiger partial charge in [0.1, 0.15) is 11.5 Å². The van der Waals surface area contributed by atoms with Crippen LogP contribution in [-0.2, 0) is 0 Å². The van der Waals surface area contributed by atoms with Gasteiger partial charge in [-0.25, -0.2) is 0 Å². The Morgan fingerprint density at radius 1 is 1.09 bits per heavy atom. The number of amides is 1. The van der Waals surface area contributed by atoms with Crippen LogP contribution in [0.15, 0.2) is 30.3 Å². The van der Waals surface area contributed by atoms with Gasteiger partial charge in [-0.3, -0.25) is 9.59 Å². The molecule has 1 aromatic heterocycles. The van der Waals surface area contributed by atoms with E-state index in [1.165, 1.54) is 18.3 Å². The fourth-order valence-corrected chi connectivity index (χ4v) is 2.98. The lowest BCUT2D eigenvalue weighted by atomic mass is 10.1. The van der Waals surface area contributed by atoms with Crippen molar-refractivity contribution in [2.24, 2.45) is 0 Å². The Hall–Kier alpha value is -2.34. The number of nitrogens with one attached hydrogen (secondary N) is 1. The fraction of sp³-hybridized carbons (Fsp3) is 0.294. The van der Waals surface area contributed by atoms with E-state index in [2.05, 4.69) is 5.32 Å². The summed E-state index contributed by atoms with van der Waals surface area (Å²) in [4.78, 5) is 24.7. The molecule has 0 saturated heterocycles. The number of methoxy groups -OCH3 is 2. The van der Waals surface area contributed by atoms with Crippen LogP contribution in [0.3, 0.4) is 0 Å². The molecule has 1 atom stereocenters. The maximum absolute atomic E-state index is 12.3. The second-order valence-corrected chi connectivity index (χ2v) is 6.11. The van der Waals surface area contributed by atoms with Crippen molar-refractivity contribution in [2.75, 3.05) is 14.2 Å². The number of hydrogen-bond acceptors (Lipinski definition) is 5. The Balaban J connectivity index is 2.18. The van der Waals surface area contributed by atoms with Crippen LogP contribution < -0.4 is 14.8 Å². The summed E-state index contributed by atoms with van der Waals surface area (Å²) in [7, 11) is 3.17. The predicted molar refractivity (Wildman–Crippen MR) is 89.8 cm³/mol. The first-order chi connectivity index (χ1) is 11.0. The van der Waals surface area contributed by atoms with Crippen LogP contribution in [0.25, 0.3) is 0 Å². The van der Waals surface area contributed by atoms with Crippen LogP contribution in [0.2, 0.25) is 0 Å². The van der Waals surface area contributed by atoms with E-state index in [1.54, 1.807) is 38.5 Å². The van der Waals surface area contributed by atoms with Crippen LogP contribution in [0.4, 0.5) is 0 Å². The van der Waals surface area contributed by atoms with Gasteiger partial charge in [-0.2, -0.15) is 0 Å². The molecule has 0 bridgehead atoms. The Labute approximate surface area is 139 Å². The van der Waals surface area contributed by atoms with Crippen molar-refractivity contribution in [1.29, 1.82) is 0 Å². The Morgan fingerprint density at radius 3 is 2.35 bits per heavy atom. The van der Waals surface area contributed by atoms with Crippen LogP contribution in [0, 0.1) is 0 Å². The second-order valence-electron chi connectivity index (χ2n) is 5.02. The number of rotatable bonds is 6. The summed E-state index contributed by atoms with van der Waals surface area (Å²) in [6.07, 6.45) is 0. The quantitative estimate of drug-likeness (QED) is 0.822. The van der Waals surface area contributed by atoms with E-state index in [9.17, 15) is 9.59 Å². The van der Waals surface area contributed by atoms with Gasteiger partial charge in [0.15, 0.2) is 5.78 Å². The minimum atomic E-state index is -0.268. The molecule has 1 amide bonds. The third kappa shape index (κ3) is 3.90. The van der Waals surface area contributed by atoms with Gasteiger partial charge in [0, 0.05) is 5.56 Å². The average molecular weight is 333 g/mol. The molecule has 0 spiro atoms. The van der Waals surface area contributed by atoms with Gasteiger partial charge in [0.05, 0.1) is 30.0 Å². The molecule has 0 radical (unpaired) electrons. The van der Waals surface area contributed by atoms with Crippen LogP contribution >= 0.6 is 11.3 Å². The van der Waals surface area contributed by atoms with Crippen molar-refractivity contribution in [3.05, 3.63) is 45.6 Å². The Bertz CT molecular complexity index is 723. The first-order valence-electron chi connectivity index (χ1n) is 7.09. The minimum absolute atomic E-state index is 0.0448. The molecule has 0 saturated carbocycles. The molecule has 5 nitrogen and oxygen atoms in total. The molecule has 23 heavy (non-hydrogen) atoms. The van der Waals surface area contributed by atoms with E-state index in [0.717, 1.165) is 5.56 Å². The molecule has 0 aliphatic carbocycles. The lowest BCUT2D eigenvalue weighted by Crippen LogP contribution is -2.26. The van der Waals surface area contributed by atoms with Crippen molar-refractivity contribution in [1.82, 2.24) is 5.32 Å². The number of ether oxygens (including phenoxy) is 2. The second kappa shape index (κ2) is 7.28. The predicted octanol–water partition coefficient (Wildman–Crippen LogP) is 3.46. The minimum Gasteiger partial charge on any atom is -0.497 e. The van der Waals surface area contributed by atoms with Gasteiger partial charge < -0.3 is 14.8 Å². The van der Waals surface area contributed by atoms with Crippen molar-refractivity contribution in [2.45, 2.75) is 19.9 Å². The summed E-state index contributed by atoms with van der Waals surface area (Å²) in [5.41, 5.74) is 0.823. The third-order valence-electron chi connectivity index (χ3n) is 3.43. The highest BCUT2D eigenvalue weighted by atomic mass is 32.1. The number of carbonyl (C=O) groups excluding carboxylic acids is 2. The normalized spacial score (nSPS) is 11.7. The number of Topliss-reactive ketones (excluding diaryl/α,β-unsaturated/α-hetero) is 1. The zero-order valence-corrected chi connectivity index (χ0v) is 14.3. The van der Waals surface area contributed by atoms with Crippen molar-refractivity contribution in [3.8, 4) is 11.5 Å². The number of benzene rings is 1. The number of ketones is 1. The molecule has 0 aliphatic rings. The topological polar surface area (TPSA) is 64.6 Å². The summed E-state index contributed by atoms with van der Waals surface area (Å²) in [6, 6.07) is 8.49. The molecule has 0 aliphatic heterocycles. The third-order valence-corrected chi connectivity index (χ3v) is 4.61. The van der Waals surface area contributed by atoms with E-state index < -0.39 is 0 Å². The SMILES string of the molecule is COc1ccc(OC)c([C@@H](C)NC(=O)c2ccc(C(C)=O)s2)c1. The average Bonchev–Trinajstić information content (AvgIpc) is 3.04. The first kappa shape index (κ1) is 17.0. The van der Waals surface area contributed by atoms with E-state index in [1.807, 2.05) is 13.0 Å². The molecular formula is C17H19NO4S. The zero-order valence-electron chi connectivity index (χ0n) is 13.5. The lowest BCUT2D eigenvalue weighted by molar-refractivity contribution is 0.0943. The summed E-state index contributed by atoms with van der Waals surface area (Å²) >= 11 is 1.19. The number of hydrogen-bond donors (Lipinski definition) is 1. The van der Waals surface area contributed by atoms with Gasteiger partial charge in [-0.1, -0.05) is 0 Å². The summed E-state index contributed by atoms with van der Waals surface area (Å²) < 4.78 is 10.6. The maximum atomic E-state index is 12.3. The van der Waals surface area contributed by atoms with Crippen molar-refractivity contribution < 1.29 is 19.1 Å². The molecule has 6 heteroatoms. The van der Waals surface area contributed by atoms with Gasteiger partial charge in [-0.05, 0) is 44.2 Å². The van der Waals surface area contributed by atoms with Crippen LogP contribution in [0.1, 0.15) is 44.8 Å². The molecule has 1 heterocycles. The van der Waals surface area contributed by atoms with Gasteiger partial charge in [-0.15, -0.1) is 11.3 Å². The smallest absolute Gasteiger partial charge is 0.261 e. The van der Waals surface area contributed by atoms with Gasteiger partial charge >= 0.3 is 0 Å².